The van der Waals surface area contributed by atoms with Gasteiger partial charge in [0, 0.05) is 25.9 Å². The number of hydrogen-bond donors (Lipinski definition) is 2. The van der Waals surface area contributed by atoms with Gasteiger partial charge in [-0.1, -0.05) is 12.1 Å². The molecule has 0 spiro atoms. The molecule has 106 valence electrons. The van der Waals surface area contributed by atoms with Crippen LogP contribution in [0.5, 0.6) is 0 Å². The number of nitrogens with one attached hydrogen (secondary N) is 1. The van der Waals surface area contributed by atoms with Crippen LogP contribution in [-0.4, -0.2) is 51.2 Å². The van der Waals surface area contributed by atoms with Crippen LogP contribution >= 0.6 is 0 Å². The first-order valence-corrected chi connectivity index (χ1v) is 6.45. The van der Waals surface area contributed by atoms with Crippen molar-refractivity contribution in [2.24, 2.45) is 0 Å². The normalized spacial score (nSPS) is 10.7. The van der Waals surface area contributed by atoms with Crippen LogP contribution in [0.1, 0.15) is 16.8 Å². The number of carbonyl (C=O) groups is 1. The first-order chi connectivity index (χ1) is 9.15. The number of anilines is 1. The maximum atomic E-state index is 11.9. The van der Waals surface area contributed by atoms with Crippen molar-refractivity contribution in [1.82, 2.24) is 10.2 Å². The molecule has 19 heavy (non-hydrogen) atoms. The zero-order valence-electron chi connectivity index (χ0n) is 11.7. The molecular formula is C14H23N3O2. The third-order valence-electron chi connectivity index (χ3n) is 2.88. The lowest BCUT2D eigenvalue weighted by Gasteiger charge is -2.16. The number of methoxy groups -OCH3 is 1. The van der Waals surface area contributed by atoms with Crippen molar-refractivity contribution < 1.29 is 9.53 Å². The minimum Gasteiger partial charge on any atom is -0.398 e. The number of benzene rings is 1. The van der Waals surface area contributed by atoms with Crippen LogP contribution in [0.4, 0.5) is 5.69 Å². The molecule has 1 aromatic carbocycles. The van der Waals surface area contributed by atoms with Crippen LogP contribution in [0.25, 0.3) is 0 Å². The summed E-state index contributed by atoms with van der Waals surface area (Å²) >= 11 is 0. The minimum absolute atomic E-state index is 0.113. The lowest BCUT2D eigenvalue weighted by Crippen LogP contribution is -2.30. The number of nitrogen functional groups attached to an aromatic ring is 1. The van der Waals surface area contributed by atoms with Crippen molar-refractivity contribution in [3.63, 3.8) is 0 Å². The molecule has 0 aliphatic carbocycles. The Morgan fingerprint density at radius 3 is 2.79 bits per heavy atom. The summed E-state index contributed by atoms with van der Waals surface area (Å²) in [6.07, 6.45) is 0.901. The highest BCUT2D eigenvalue weighted by atomic mass is 16.5. The highest BCUT2D eigenvalue weighted by Crippen LogP contribution is 2.09. The number of ether oxygens (including phenoxy) is 1. The van der Waals surface area contributed by atoms with E-state index in [0.29, 0.717) is 17.8 Å². The van der Waals surface area contributed by atoms with E-state index >= 15 is 0 Å². The Kier molecular flexibility index (Phi) is 6.92. The van der Waals surface area contributed by atoms with Crippen molar-refractivity contribution >= 4 is 11.6 Å². The Bertz CT molecular complexity index is 396. The standard InChI is InChI=1S/C14H23N3O2/c1-17(10-11-19-2)9-5-8-16-14(18)12-6-3-4-7-13(12)15/h3-4,6-7H,5,8-11,15H2,1-2H3,(H,16,18). The summed E-state index contributed by atoms with van der Waals surface area (Å²) in [6.45, 7) is 3.19. The molecule has 5 heteroatoms. The van der Waals surface area contributed by atoms with E-state index in [-0.39, 0.29) is 5.91 Å². The second-order valence-corrected chi connectivity index (χ2v) is 4.49. The second-order valence-electron chi connectivity index (χ2n) is 4.49. The molecule has 0 unspecified atom stereocenters. The lowest BCUT2D eigenvalue weighted by atomic mass is 10.1. The molecule has 0 radical (unpaired) electrons. The van der Waals surface area contributed by atoms with Crippen LogP contribution in [0, 0.1) is 0 Å². The van der Waals surface area contributed by atoms with E-state index in [4.69, 9.17) is 10.5 Å². The molecule has 0 atom stereocenters. The van der Waals surface area contributed by atoms with Gasteiger partial charge in [-0.2, -0.15) is 0 Å². The molecule has 0 aliphatic heterocycles. The zero-order valence-corrected chi connectivity index (χ0v) is 11.7. The summed E-state index contributed by atoms with van der Waals surface area (Å²) < 4.78 is 5.00. The molecule has 0 saturated heterocycles. The lowest BCUT2D eigenvalue weighted by molar-refractivity contribution is 0.0952. The average molecular weight is 265 g/mol. The third-order valence-corrected chi connectivity index (χ3v) is 2.88. The van der Waals surface area contributed by atoms with E-state index in [0.717, 1.165) is 26.1 Å². The van der Waals surface area contributed by atoms with Crippen molar-refractivity contribution in [2.75, 3.05) is 46.1 Å². The predicted molar refractivity (Wildman–Crippen MR) is 77.2 cm³/mol. The molecule has 1 amide bonds. The van der Waals surface area contributed by atoms with Crippen molar-refractivity contribution in [3.8, 4) is 0 Å². The molecule has 5 nitrogen and oxygen atoms in total. The zero-order chi connectivity index (χ0) is 14.1. The second kappa shape index (κ2) is 8.50. The number of nitrogens with zero attached hydrogens (tertiary/aromatic N) is 1. The van der Waals surface area contributed by atoms with Gasteiger partial charge in [-0.15, -0.1) is 0 Å². The number of amides is 1. The van der Waals surface area contributed by atoms with Gasteiger partial charge in [-0.05, 0) is 32.1 Å². The Labute approximate surface area is 114 Å². The van der Waals surface area contributed by atoms with Gasteiger partial charge in [0.25, 0.3) is 5.91 Å². The summed E-state index contributed by atoms with van der Waals surface area (Å²) in [7, 11) is 3.73. The van der Waals surface area contributed by atoms with Gasteiger partial charge in [0.2, 0.25) is 0 Å². The topological polar surface area (TPSA) is 67.6 Å². The van der Waals surface area contributed by atoms with E-state index in [1.54, 1.807) is 19.2 Å². The molecular weight excluding hydrogens is 242 g/mol. The fourth-order valence-corrected chi connectivity index (χ4v) is 1.71. The van der Waals surface area contributed by atoms with Gasteiger partial charge in [0.15, 0.2) is 0 Å². The summed E-state index contributed by atoms with van der Waals surface area (Å²) in [5, 5.41) is 2.87. The quantitative estimate of drug-likeness (QED) is 0.543. The smallest absolute Gasteiger partial charge is 0.253 e. The van der Waals surface area contributed by atoms with Crippen molar-refractivity contribution in [1.29, 1.82) is 0 Å². The van der Waals surface area contributed by atoms with Gasteiger partial charge in [0.1, 0.15) is 0 Å². The first kappa shape index (κ1) is 15.5. The molecule has 1 aromatic rings. The van der Waals surface area contributed by atoms with Gasteiger partial charge in [-0.3, -0.25) is 4.79 Å². The van der Waals surface area contributed by atoms with Gasteiger partial charge in [0.05, 0.1) is 12.2 Å². The molecule has 3 N–H and O–H groups in total. The fraction of sp³-hybridized carbons (Fsp3) is 0.500. The largest absolute Gasteiger partial charge is 0.398 e. The summed E-state index contributed by atoms with van der Waals surface area (Å²) in [6, 6.07) is 7.09. The number of hydrogen-bond acceptors (Lipinski definition) is 4. The van der Waals surface area contributed by atoms with Crippen LogP contribution in [0.3, 0.4) is 0 Å². The minimum atomic E-state index is -0.113. The number of carbonyl (C=O) groups excluding carboxylic acids is 1. The third kappa shape index (κ3) is 5.72. The van der Waals surface area contributed by atoms with Crippen LogP contribution < -0.4 is 11.1 Å². The van der Waals surface area contributed by atoms with Gasteiger partial charge >= 0.3 is 0 Å². The van der Waals surface area contributed by atoms with Crippen molar-refractivity contribution in [2.45, 2.75) is 6.42 Å². The highest BCUT2D eigenvalue weighted by Gasteiger charge is 2.07. The number of likely N-dealkylation sites (N-methyl/N-ethyl adjacent to an activating group) is 1. The Balaban J connectivity index is 2.23. The summed E-state index contributed by atoms with van der Waals surface area (Å²) in [5.41, 5.74) is 6.79. The molecule has 0 bridgehead atoms. The van der Waals surface area contributed by atoms with E-state index in [1.165, 1.54) is 0 Å². The van der Waals surface area contributed by atoms with Gasteiger partial charge in [-0.25, -0.2) is 0 Å². The number of nitrogens with two attached hydrogens (primary N) is 1. The van der Waals surface area contributed by atoms with Crippen LogP contribution in [0.2, 0.25) is 0 Å². The molecule has 0 saturated carbocycles. The number of para-hydroxylation sites is 1. The molecule has 0 aromatic heterocycles. The van der Waals surface area contributed by atoms with E-state index in [9.17, 15) is 4.79 Å². The summed E-state index contributed by atoms with van der Waals surface area (Å²) in [5.74, 6) is -0.113. The van der Waals surface area contributed by atoms with E-state index in [2.05, 4.69) is 10.2 Å². The van der Waals surface area contributed by atoms with Crippen molar-refractivity contribution in [3.05, 3.63) is 29.8 Å². The maximum absolute atomic E-state index is 11.9. The molecule has 1 rings (SSSR count). The fourth-order valence-electron chi connectivity index (χ4n) is 1.71. The van der Waals surface area contributed by atoms with Crippen LogP contribution in [0.15, 0.2) is 24.3 Å². The highest BCUT2D eigenvalue weighted by molar-refractivity contribution is 5.98. The van der Waals surface area contributed by atoms with E-state index in [1.807, 2.05) is 19.2 Å². The monoisotopic (exact) mass is 265 g/mol. The van der Waals surface area contributed by atoms with E-state index < -0.39 is 0 Å². The Morgan fingerprint density at radius 2 is 2.11 bits per heavy atom. The number of rotatable bonds is 8. The maximum Gasteiger partial charge on any atom is 0.253 e. The van der Waals surface area contributed by atoms with Crippen LogP contribution in [-0.2, 0) is 4.74 Å². The first-order valence-electron chi connectivity index (χ1n) is 6.45. The molecule has 0 aliphatic rings. The average Bonchev–Trinajstić information content (AvgIpc) is 2.41. The summed E-state index contributed by atoms with van der Waals surface area (Å²) in [4.78, 5) is 14.0. The predicted octanol–water partition coefficient (Wildman–Crippen LogP) is 0.967. The Morgan fingerprint density at radius 1 is 1.37 bits per heavy atom. The molecule has 0 heterocycles. The Hall–Kier alpha value is -1.59. The molecule has 0 fully saturated rings. The SMILES string of the molecule is COCCN(C)CCCNC(=O)c1ccccc1N. The van der Waals surface area contributed by atoms with Gasteiger partial charge < -0.3 is 20.7 Å².